The van der Waals surface area contributed by atoms with E-state index in [9.17, 15) is 4.39 Å². The molecule has 2 rings (SSSR count). The van der Waals surface area contributed by atoms with Crippen LogP contribution in [0, 0.1) is 12.7 Å². The van der Waals surface area contributed by atoms with Gasteiger partial charge in [-0.3, -0.25) is 5.84 Å². The van der Waals surface area contributed by atoms with E-state index in [2.05, 4.69) is 21.4 Å². The van der Waals surface area contributed by atoms with E-state index in [4.69, 9.17) is 17.4 Å². The Labute approximate surface area is 122 Å². The van der Waals surface area contributed by atoms with Crippen LogP contribution >= 0.6 is 38.9 Å². The molecule has 0 amide bonds. The van der Waals surface area contributed by atoms with Crippen molar-refractivity contribution in [3.05, 3.63) is 54.9 Å². The first kappa shape index (κ1) is 14.0. The molecule has 96 valence electrons. The molecular weight excluding hydrogens is 339 g/mol. The van der Waals surface area contributed by atoms with Gasteiger partial charge in [0.25, 0.3) is 0 Å². The predicted octanol–water partition coefficient (Wildman–Crippen LogP) is 4.16. The van der Waals surface area contributed by atoms with E-state index in [-0.39, 0.29) is 5.02 Å². The minimum Gasteiger partial charge on any atom is -0.271 e. The van der Waals surface area contributed by atoms with Gasteiger partial charge in [0, 0.05) is 14.9 Å². The number of hydrazine groups is 1. The van der Waals surface area contributed by atoms with Crippen LogP contribution in [0.3, 0.4) is 0 Å². The van der Waals surface area contributed by atoms with Crippen LogP contribution in [0.2, 0.25) is 5.02 Å². The number of hydrogen-bond acceptors (Lipinski definition) is 3. The lowest BCUT2D eigenvalue weighted by atomic mass is 10.0. The average Bonchev–Trinajstić information content (AvgIpc) is 2.77. The molecule has 1 heterocycles. The molecule has 0 saturated heterocycles. The number of thiophene rings is 1. The molecule has 2 aromatic rings. The Bertz CT molecular complexity index is 573. The third kappa shape index (κ3) is 2.46. The number of aryl methyl sites for hydroxylation is 1. The lowest BCUT2D eigenvalue weighted by Crippen LogP contribution is -2.29. The van der Waals surface area contributed by atoms with Crippen LogP contribution in [-0.2, 0) is 0 Å². The van der Waals surface area contributed by atoms with Crippen molar-refractivity contribution >= 4 is 38.9 Å². The minimum absolute atomic E-state index is 0.0713. The Morgan fingerprint density at radius 3 is 2.72 bits per heavy atom. The first-order valence-electron chi connectivity index (χ1n) is 5.19. The lowest BCUT2D eigenvalue weighted by Gasteiger charge is -2.17. The van der Waals surface area contributed by atoms with Crippen LogP contribution in [0.5, 0.6) is 0 Å². The van der Waals surface area contributed by atoms with Crippen molar-refractivity contribution in [2.24, 2.45) is 5.84 Å². The number of hydrogen-bond donors (Lipinski definition) is 2. The number of rotatable bonds is 3. The molecule has 0 saturated carbocycles. The van der Waals surface area contributed by atoms with Crippen LogP contribution in [0.25, 0.3) is 0 Å². The van der Waals surface area contributed by atoms with Gasteiger partial charge in [-0.05, 0) is 45.9 Å². The highest BCUT2D eigenvalue weighted by Gasteiger charge is 2.21. The molecule has 0 aliphatic carbocycles. The second-order valence-corrected chi connectivity index (χ2v) is 6.01. The van der Waals surface area contributed by atoms with Crippen LogP contribution in [0.4, 0.5) is 4.39 Å². The summed E-state index contributed by atoms with van der Waals surface area (Å²) in [6.45, 7) is 1.97. The third-order valence-corrected chi connectivity index (χ3v) is 5.05. The predicted molar refractivity (Wildman–Crippen MR) is 77.3 cm³/mol. The second-order valence-electron chi connectivity index (χ2n) is 3.83. The van der Waals surface area contributed by atoms with Gasteiger partial charge in [0.15, 0.2) is 0 Å². The van der Waals surface area contributed by atoms with Crippen molar-refractivity contribution in [1.82, 2.24) is 5.43 Å². The number of nitrogens with two attached hydrogens (primary N) is 1. The molecule has 0 aliphatic rings. The molecule has 2 nitrogen and oxygen atoms in total. The summed E-state index contributed by atoms with van der Waals surface area (Å²) in [4.78, 5) is 0.981. The van der Waals surface area contributed by atoms with Gasteiger partial charge < -0.3 is 0 Å². The molecule has 1 aromatic carbocycles. The summed E-state index contributed by atoms with van der Waals surface area (Å²) in [5.74, 6) is 5.10. The van der Waals surface area contributed by atoms with E-state index in [1.165, 1.54) is 11.3 Å². The van der Waals surface area contributed by atoms with Gasteiger partial charge >= 0.3 is 0 Å². The summed E-state index contributed by atoms with van der Waals surface area (Å²) in [5, 5.41) is 2.02. The van der Waals surface area contributed by atoms with Gasteiger partial charge in [-0.15, -0.1) is 11.3 Å². The smallest absolute Gasteiger partial charge is 0.148 e. The first-order valence-corrected chi connectivity index (χ1v) is 7.24. The highest BCUT2D eigenvalue weighted by molar-refractivity contribution is 9.10. The van der Waals surface area contributed by atoms with E-state index in [1.807, 2.05) is 18.4 Å². The Kier molecular flexibility index (Phi) is 4.40. The lowest BCUT2D eigenvalue weighted by molar-refractivity contribution is 0.563. The fourth-order valence-electron chi connectivity index (χ4n) is 1.75. The maximum absolute atomic E-state index is 14.2. The molecule has 0 radical (unpaired) electrons. The molecule has 1 unspecified atom stereocenters. The van der Waals surface area contributed by atoms with E-state index in [0.717, 1.165) is 10.4 Å². The van der Waals surface area contributed by atoms with E-state index < -0.39 is 11.9 Å². The second kappa shape index (κ2) is 5.67. The fourth-order valence-corrected chi connectivity index (χ4v) is 3.23. The average molecular weight is 350 g/mol. The maximum atomic E-state index is 14.2. The highest BCUT2D eigenvalue weighted by Crippen LogP contribution is 2.35. The van der Waals surface area contributed by atoms with Crippen molar-refractivity contribution in [3.63, 3.8) is 0 Å². The third-order valence-electron chi connectivity index (χ3n) is 2.71. The Hall–Kier alpha value is -0.460. The van der Waals surface area contributed by atoms with Crippen LogP contribution in [-0.4, -0.2) is 0 Å². The van der Waals surface area contributed by atoms with Crippen molar-refractivity contribution in [2.45, 2.75) is 13.0 Å². The summed E-state index contributed by atoms with van der Waals surface area (Å²) in [5.41, 5.74) is 4.16. The topological polar surface area (TPSA) is 38.0 Å². The summed E-state index contributed by atoms with van der Waals surface area (Å²) in [6.07, 6.45) is 0. The van der Waals surface area contributed by atoms with Gasteiger partial charge in [-0.2, -0.15) is 0 Å². The van der Waals surface area contributed by atoms with Crippen LogP contribution in [0.15, 0.2) is 28.1 Å². The normalized spacial score (nSPS) is 12.7. The van der Waals surface area contributed by atoms with Crippen molar-refractivity contribution in [3.8, 4) is 0 Å². The van der Waals surface area contributed by atoms with Crippen molar-refractivity contribution in [2.75, 3.05) is 0 Å². The van der Waals surface area contributed by atoms with E-state index >= 15 is 0 Å². The van der Waals surface area contributed by atoms with Crippen LogP contribution in [0.1, 0.15) is 22.0 Å². The molecule has 0 fully saturated rings. The summed E-state index contributed by atoms with van der Waals surface area (Å²) >= 11 is 10.6. The SMILES string of the molecule is Cc1ccsc1C(NN)c1ccc(Br)c(Cl)c1F. The summed E-state index contributed by atoms with van der Waals surface area (Å²) in [7, 11) is 0. The maximum Gasteiger partial charge on any atom is 0.148 e. The molecule has 18 heavy (non-hydrogen) atoms. The zero-order chi connectivity index (χ0) is 13.3. The fraction of sp³-hybridized carbons (Fsp3) is 0.167. The van der Waals surface area contributed by atoms with Crippen LogP contribution < -0.4 is 11.3 Å². The molecule has 0 spiro atoms. The molecule has 0 bridgehead atoms. The first-order chi connectivity index (χ1) is 8.56. The Morgan fingerprint density at radius 2 is 2.17 bits per heavy atom. The number of halogens is 3. The molecule has 1 atom stereocenters. The molecule has 1 aromatic heterocycles. The van der Waals surface area contributed by atoms with E-state index in [1.54, 1.807) is 12.1 Å². The summed E-state index contributed by atoms with van der Waals surface area (Å²) in [6, 6.07) is 4.97. The molecule has 6 heteroatoms. The zero-order valence-corrected chi connectivity index (χ0v) is 12.7. The Balaban J connectivity index is 2.53. The molecule has 3 N–H and O–H groups in total. The highest BCUT2D eigenvalue weighted by atomic mass is 79.9. The standard InChI is InChI=1S/C12H11BrClFN2S/c1-6-4-5-18-12(6)11(17-16)7-2-3-8(13)9(14)10(7)15/h2-5,11,17H,16H2,1H3. The van der Waals surface area contributed by atoms with Gasteiger partial charge in [0.05, 0.1) is 11.1 Å². The Morgan fingerprint density at radius 1 is 1.44 bits per heavy atom. The molecule has 0 aliphatic heterocycles. The largest absolute Gasteiger partial charge is 0.271 e. The van der Waals surface area contributed by atoms with Crippen molar-refractivity contribution in [1.29, 1.82) is 0 Å². The number of benzene rings is 1. The van der Waals surface area contributed by atoms with Gasteiger partial charge in [0.2, 0.25) is 0 Å². The van der Waals surface area contributed by atoms with Gasteiger partial charge in [-0.25, -0.2) is 9.82 Å². The quantitative estimate of drug-likeness (QED) is 0.496. The number of nitrogens with one attached hydrogen (secondary N) is 1. The molecular formula is C12H11BrClFN2S. The van der Waals surface area contributed by atoms with Crippen molar-refractivity contribution < 1.29 is 4.39 Å². The zero-order valence-electron chi connectivity index (χ0n) is 9.51. The van der Waals surface area contributed by atoms with Gasteiger partial charge in [-0.1, -0.05) is 17.7 Å². The van der Waals surface area contributed by atoms with E-state index in [0.29, 0.717) is 10.0 Å². The van der Waals surface area contributed by atoms with Gasteiger partial charge in [0.1, 0.15) is 5.82 Å². The monoisotopic (exact) mass is 348 g/mol. The summed E-state index contributed by atoms with van der Waals surface area (Å²) < 4.78 is 14.7. The minimum atomic E-state index is -0.457.